The monoisotopic (exact) mass is 251 g/mol. The third-order valence-electron chi connectivity index (χ3n) is 2.48. The van der Waals surface area contributed by atoms with Gasteiger partial charge in [-0.15, -0.1) is 0 Å². The molecule has 19 heavy (non-hydrogen) atoms. The summed E-state index contributed by atoms with van der Waals surface area (Å²) >= 11 is 0. The predicted octanol–water partition coefficient (Wildman–Crippen LogP) is 2.73. The molecule has 0 unspecified atom stereocenters. The van der Waals surface area contributed by atoms with Gasteiger partial charge in [-0.3, -0.25) is 10.1 Å². The summed E-state index contributed by atoms with van der Waals surface area (Å²) < 4.78 is 5.65. The number of hydrogen-bond acceptors (Lipinski definition) is 2. The van der Waals surface area contributed by atoms with Crippen LogP contribution in [0, 0.1) is 12.5 Å². The third kappa shape index (κ3) is 3.90. The highest BCUT2D eigenvalue weighted by Crippen LogP contribution is 2.21. The van der Waals surface area contributed by atoms with Crippen molar-refractivity contribution in [3.8, 4) is 24.0 Å². The molecule has 94 valence electrons. The fraction of sp³-hybridized carbons (Fsp3) is 0.0625. The average Bonchev–Trinajstić information content (AvgIpc) is 2.42. The molecule has 0 aromatic heterocycles. The van der Waals surface area contributed by atoms with E-state index in [-0.39, 0.29) is 12.3 Å². The van der Waals surface area contributed by atoms with Crippen LogP contribution in [-0.2, 0) is 11.2 Å². The van der Waals surface area contributed by atoms with Gasteiger partial charge >= 0.3 is 0 Å². The maximum atomic E-state index is 11.3. The molecule has 0 fully saturated rings. The van der Waals surface area contributed by atoms with Crippen LogP contribution in [0.15, 0.2) is 54.6 Å². The first-order valence-electron chi connectivity index (χ1n) is 5.84. The Balaban J connectivity index is 1.99. The molecule has 0 atom stereocenters. The minimum absolute atomic E-state index is 0.195. The van der Waals surface area contributed by atoms with Crippen LogP contribution >= 0.6 is 0 Å². The zero-order chi connectivity index (χ0) is 13.5. The van der Waals surface area contributed by atoms with Crippen LogP contribution in [0.4, 0.5) is 0 Å². The standard InChI is InChI=1S/C16H13NO2/c1-2-17-16(18)12-13-8-10-15(11-9-13)19-14-6-4-3-5-7-14/h1,3-11H,12H2,(H,17,18). The van der Waals surface area contributed by atoms with Gasteiger partial charge in [-0.2, -0.15) is 0 Å². The molecule has 1 amide bonds. The van der Waals surface area contributed by atoms with Crippen molar-refractivity contribution in [3.05, 3.63) is 60.2 Å². The minimum atomic E-state index is -0.195. The quantitative estimate of drug-likeness (QED) is 0.670. The van der Waals surface area contributed by atoms with Crippen molar-refractivity contribution in [1.29, 1.82) is 0 Å². The maximum Gasteiger partial charge on any atom is 0.235 e. The van der Waals surface area contributed by atoms with E-state index in [9.17, 15) is 4.79 Å². The molecule has 0 aliphatic carbocycles. The topological polar surface area (TPSA) is 38.3 Å². The molecule has 1 N–H and O–H groups in total. The van der Waals surface area contributed by atoms with Gasteiger partial charge in [-0.25, -0.2) is 0 Å². The van der Waals surface area contributed by atoms with Crippen LogP contribution < -0.4 is 10.1 Å². The summed E-state index contributed by atoms with van der Waals surface area (Å²) in [6.45, 7) is 0. The molecule has 2 rings (SSSR count). The van der Waals surface area contributed by atoms with E-state index in [1.54, 1.807) is 0 Å². The van der Waals surface area contributed by atoms with Gasteiger partial charge in [0.1, 0.15) is 11.5 Å². The molecule has 0 aliphatic rings. The highest BCUT2D eigenvalue weighted by molar-refractivity contribution is 5.80. The molecular weight excluding hydrogens is 238 g/mol. The fourth-order valence-electron chi connectivity index (χ4n) is 1.61. The van der Waals surface area contributed by atoms with E-state index in [2.05, 4.69) is 11.4 Å². The number of rotatable bonds is 4. The highest BCUT2D eigenvalue weighted by Gasteiger charge is 2.02. The summed E-state index contributed by atoms with van der Waals surface area (Å²) in [4.78, 5) is 11.3. The van der Waals surface area contributed by atoms with E-state index in [1.165, 1.54) is 0 Å². The predicted molar refractivity (Wildman–Crippen MR) is 73.6 cm³/mol. The van der Waals surface area contributed by atoms with E-state index >= 15 is 0 Å². The second kappa shape index (κ2) is 6.27. The van der Waals surface area contributed by atoms with Crippen molar-refractivity contribution in [3.63, 3.8) is 0 Å². The Labute approximate surface area is 112 Å². The van der Waals surface area contributed by atoms with Gasteiger partial charge in [0.2, 0.25) is 5.91 Å². The summed E-state index contributed by atoms with van der Waals surface area (Å²) in [6.07, 6.45) is 5.25. The molecule has 0 aliphatic heterocycles. The first-order valence-corrected chi connectivity index (χ1v) is 5.84. The summed E-state index contributed by atoms with van der Waals surface area (Å²) in [5.41, 5.74) is 0.883. The van der Waals surface area contributed by atoms with Crippen molar-refractivity contribution >= 4 is 5.91 Å². The Morgan fingerprint density at radius 2 is 1.68 bits per heavy atom. The molecule has 2 aromatic rings. The Morgan fingerprint density at radius 1 is 1.05 bits per heavy atom. The number of terminal acetylenes is 1. The lowest BCUT2D eigenvalue weighted by atomic mass is 10.1. The van der Waals surface area contributed by atoms with Crippen molar-refractivity contribution in [2.24, 2.45) is 0 Å². The van der Waals surface area contributed by atoms with Crippen LogP contribution in [0.2, 0.25) is 0 Å². The van der Waals surface area contributed by atoms with Gasteiger partial charge in [0.15, 0.2) is 0 Å². The normalized spacial score (nSPS) is 9.42. The zero-order valence-corrected chi connectivity index (χ0v) is 10.3. The number of ether oxygens (including phenoxy) is 1. The van der Waals surface area contributed by atoms with E-state index in [0.29, 0.717) is 0 Å². The van der Waals surface area contributed by atoms with E-state index < -0.39 is 0 Å². The summed E-state index contributed by atoms with van der Waals surface area (Å²) in [6, 6.07) is 19.0. The molecule has 3 nitrogen and oxygen atoms in total. The Bertz CT molecular complexity index is 582. The molecule has 0 saturated carbocycles. The zero-order valence-electron chi connectivity index (χ0n) is 10.3. The molecule has 0 saturated heterocycles. The lowest BCUT2D eigenvalue weighted by Crippen LogP contribution is -2.19. The number of nitrogens with one attached hydrogen (secondary N) is 1. The number of carbonyl (C=O) groups is 1. The van der Waals surface area contributed by atoms with Crippen molar-refractivity contribution in [1.82, 2.24) is 5.32 Å². The summed E-state index contributed by atoms with van der Waals surface area (Å²) in [7, 11) is 0. The van der Waals surface area contributed by atoms with Crippen molar-refractivity contribution < 1.29 is 9.53 Å². The number of amides is 1. The maximum absolute atomic E-state index is 11.3. The number of benzene rings is 2. The van der Waals surface area contributed by atoms with Crippen molar-refractivity contribution in [2.45, 2.75) is 6.42 Å². The van der Waals surface area contributed by atoms with Gasteiger partial charge in [0, 0.05) is 6.04 Å². The highest BCUT2D eigenvalue weighted by atomic mass is 16.5. The molecule has 0 radical (unpaired) electrons. The Kier molecular flexibility index (Phi) is 4.20. The first-order chi connectivity index (χ1) is 9.28. The molecule has 0 heterocycles. The van der Waals surface area contributed by atoms with E-state index in [4.69, 9.17) is 11.2 Å². The lowest BCUT2D eigenvalue weighted by molar-refractivity contribution is -0.119. The van der Waals surface area contributed by atoms with Crippen LogP contribution in [0.3, 0.4) is 0 Å². The number of para-hydroxylation sites is 1. The average molecular weight is 251 g/mol. The van der Waals surface area contributed by atoms with Gasteiger partial charge in [-0.05, 0) is 29.8 Å². The molecule has 3 heteroatoms. The van der Waals surface area contributed by atoms with Crippen LogP contribution in [0.1, 0.15) is 5.56 Å². The molecular formula is C16H13NO2. The Hall–Kier alpha value is -2.73. The lowest BCUT2D eigenvalue weighted by Gasteiger charge is -2.06. The minimum Gasteiger partial charge on any atom is -0.457 e. The first kappa shape index (κ1) is 12.7. The van der Waals surface area contributed by atoms with Crippen LogP contribution in [0.5, 0.6) is 11.5 Å². The number of carbonyl (C=O) groups excluding carboxylic acids is 1. The third-order valence-corrected chi connectivity index (χ3v) is 2.48. The summed E-state index contributed by atoms with van der Waals surface area (Å²) in [5, 5.41) is 2.31. The summed E-state index contributed by atoms with van der Waals surface area (Å²) in [5.74, 6) is 1.31. The number of hydrogen-bond donors (Lipinski definition) is 1. The fourth-order valence-corrected chi connectivity index (χ4v) is 1.61. The van der Waals surface area contributed by atoms with Gasteiger partial charge in [-0.1, -0.05) is 36.8 Å². The SMILES string of the molecule is C#CNC(=O)Cc1ccc(Oc2ccccc2)cc1. The van der Waals surface area contributed by atoms with Crippen LogP contribution in [-0.4, -0.2) is 5.91 Å². The molecule has 0 bridgehead atoms. The van der Waals surface area contributed by atoms with E-state index in [1.807, 2.05) is 54.6 Å². The second-order valence-corrected chi connectivity index (χ2v) is 3.93. The van der Waals surface area contributed by atoms with Crippen molar-refractivity contribution in [2.75, 3.05) is 0 Å². The Morgan fingerprint density at radius 3 is 2.32 bits per heavy atom. The molecule has 2 aromatic carbocycles. The largest absolute Gasteiger partial charge is 0.457 e. The van der Waals surface area contributed by atoms with Gasteiger partial charge in [0.05, 0.1) is 6.42 Å². The van der Waals surface area contributed by atoms with Gasteiger partial charge < -0.3 is 4.74 Å². The second-order valence-electron chi connectivity index (χ2n) is 3.93. The van der Waals surface area contributed by atoms with Crippen LogP contribution in [0.25, 0.3) is 0 Å². The van der Waals surface area contributed by atoms with E-state index in [0.717, 1.165) is 17.1 Å². The van der Waals surface area contributed by atoms with Gasteiger partial charge in [0.25, 0.3) is 0 Å². The smallest absolute Gasteiger partial charge is 0.235 e. The molecule has 0 spiro atoms.